The molecule has 0 saturated carbocycles. The molecule has 2 aromatic carbocycles. The first-order valence-corrected chi connectivity index (χ1v) is 11.3. The van der Waals surface area contributed by atoms with Crippen molar-refractivity contribution >= 4 is 26.0 Å². The van der Waals surface area contributed by atoms with Gasteiger partial charge in [-0.15, -0.1) is 0 Å². The van der Waals surface area contributed by atoms with Crippen LogP contribution in [0, 0.1) is 5.92 Å². The summed E-state index contributed by atoms with van der Waals surface area (Å²) < 4.78 is 33.8. The lowest BCUT2D eigenvalue weighted by Crippen LogP contribution is -2.40. The van der Waals surface area contributed by atoms with Gasteiger partial charge in [0.15, 0.2) is 0 Å². The van der Waals surface area contributed by atoms with Crippen molar-refractivity contribution in [3.8, 4) is 5.75 Å². The van der Waals surface area contributed by atoms with E-state index in [1.165, 1.54) is 5.56 Å². The Bertz CT molecular complexity index is 859. The topological polar surface area (TPSA) is 58.6 Å². The van der Waals surface area contributed by atoms with Crippen LogP contribution in [0.1, 0.15) is 18.4 Å². The molecule has 0 aliphatic carbocycles. The average Bonchev–Trinajstić information content (AvgIpc) is 2.67. The first kappa shape index (κ1) is 20.3. The SMILES string of the molecule is COc1ccc(S(=O)(=O)NCC2CCCN(Cc3ccccc3)C2)cc1Br. The lowest BCUT2D eigenvalue weighted by atomic mass is 9.98. The first-order valence-electron chi connectivity index (χ1n) is 9.07. The van der Waals surface area contributed by atoms with Crippen LogP contribution >= 0.6 is 15.9 Å². The van der Waals surface area contributed by atoms with Crippen molar-refractivity contribution in [2.24, 2.45) is 5.92 Å². The Morgan fingerprint density at radius 2 is 2.00 bits per heavy atom. The third kappa shape index (κ3) is 5.54. The number of likely N-dealkylation sites (tertiary alicyclic amines) is 1. The summed E-state index contributed by atoms with van der Waals surface area (Å²) in [6.07, 6.45) is 2.13. The van der Waals surface area contributed by atoms with Crippen molar-refractivity contribution in [2.45, 2.75) is 24.3 Å². The van der Waals surface area contributed by atoms with Crippen LogP contribution in [-0.2, 0) is 16.6 Å². The number of nitrogens with zero attached hydrogens (tertiary/aromatic N) is 1. The maximum atomic E-state index is 12.6. The van der Waals surface area contributed by atoms with Crippen LogP contribution in [0.5, 0.6) is 5.75 Å². The summed E-state index contributed by atoms with van der Waals surface area (Å²) in [6.45, 7) is 3.33. The molecule has 1 unspecified atom stereocenters. The second kappa shape index (κ2) is 9.19. The van der Waals surface area contributed by atoms with Gasteiger partial charge in [-0.05, 0) is 65.0 Å². The maximum absolute atomic E-state index is 12.6. The van der Waals surface area contributed by atoms with E-state index in [1.807, 2.05) is 6.07 Å². The van der Waals surface area contributed by atoms with Crippen LogP contribution in [0.4, 0.5) is 0 Å². The molecule has 5 nitrogen and oxygen atoms in total. The number of hydrogen-bond acceptors (Lipinski definition) is 4. The number of rotatable bonds is 7. The summed E-state index contributed by atoms with van der Waals surface area (Å²) in [4.78, 5) is 2.65. The molecule has 0 spiro atoms. The quantitative estimate of drug-likeness (QED) is 0.696. The molecule has 0 radical (unpaired) electrons. The van der Waals surface area contributed by atoms with E-state index in [2.05, 4.69) is 49.8 Å². The zero-order valence-corrected chi connectivity index (χ0v) is 17.8. The van der Waals surface area contributed by atoms with Crippen LogP contribution in [-0.4, -0.2) is 40.1 Å². The summed E-state index contributed by atoms with van der Waals surface area (Å²) in [5.41, 5.74) is 1.29. The Morgan fingerprint density at radius 3 is 2.70 bits per heavy atom. The molecule has 0 amide bonds. The van der Waals surface area contributed by atoms with E-state index in [0.717, 1.165) is 32.5 Å². The van der Waals surface area contributed by atoms with Crippen LogP contribution in [0.15, 0.2) is 57.9 Å². The predicted molar refractivity (Wildman–Crippen MR) is 110 cm³/mol. The molecule has 1 aliphatic heterocycles. The van der Waals surface area contributed by atoms with Crippen LogP contribution in [0.25, 0.3) is 0 Å². The van der Waals surface area contributed by atoms with E-state index in [4.69, 9.17) is 4.74 Å². The molecule has 0 aromatic heterocycles. The smallest absolute Gasteiger partial charge is 0.240 e. The monoisotopic (exact) mass is 452 g/mol. The summed E-state index contributed by atoms with van der Waals surface area (Å²) in [5.74, 6) is 0.928. The third-order valence-corrected chi connectivity index (χ3v) is 6.89. The van der Waals surface area contributed by atoms with Crippen molar-refractivity contribution in [1.82, 2.24) is 9.62 Å². The number of nitrogens with one attached hydrogen (secondary N) is 1. The summed E-state index contributed by atoms with van der Waals surface area (Å²) in [5, 5.41) is 0. The Hall–Kier alpha value is -1.41. The van der Waals surface area contributed by atoms with Crippen molar-refractivity contribution in [3.05, 3.63) is 58.6 Å². The van der Waals surface area contributed by atoms with Gasteiger partial charge in [-0.25, -0.2) is 13.1 Å². The number of ether oxygens (including phenoxy) is 1. The molecule has 1 aliphatic rings. The molecule has 2 aromatic rings. The van der Waals surface area contributed by atoms with Gasteiger partial charge in [0.1, 0.15) is 5.75 Å². The molecular weight excluding hydrogens is 428 g/mol. The number of benzene rings is 2. The van der Waals surface area contributed by atoms with Crippen LogP contribution in [0.3, 0.4) is 0 Å². The first-order chi connectivity index (χ1) is 13.0. The minimum absolute atomic E-state index is 0.243. The van der Waals surface area contributed by atoms with Crippen molar-refractivity contribution < 1.29 is 13.2 Å². The van der Waals surface area contributed by atoms with E-state index in [-0.39, 0.29) is 4.90 Å². The molecular formula is C20H25BrN2O3S. The molecule has 7 heteroatoms. The fraction of sp³-hybridized carbons (Fsp3) is 0.400. The van der Waals surface area contributed by atoms with Gasteiger partial charge < -0.3 is 4.74 Å². The van der Waals surface area contributed by atoms with Crippen molar-refractivity contribution in [2.75, 3.05) is 26.7 Å². The average molecular weight is 453 g/mol. The summed E-state index contributed by atoms with van der Waals surface area (Å²) in [7, 11) is -1.99. The Kier molecular flexibility index (Phi) is 6.92. The predicted octanol–water partition coefficient (Wildman–Crippen LogP) is 3.65. The number of hydrogen-bond donors (Lipinski definition) is 1. The van der Waals surface area contributed by atoms with Crippen molar-refractivity contribution in [1.29, 1.82) is 0 Å². The third-order valence-electron chi connectivity index (χ3n) is 4.85. The van der Waals surface area contributed by atoms with Gasteiger partial charge >= 0.3 is 0 Å². The highest BCUT2D eigenvalue weighted by Gasteiger charge is 2.23. The summed E-state index contributed by atoms with van der Waals surface area (Å²) in [6, 6.07) is 15.2. The lowest BCUT2D eigenvalue weighted by molar-refractivity contribution is 0.169. The van der Waals surface area contributed by atoms with Crippen LogP contribution in [0.2, 0.25) is 0 Å². The minimum Gasteiger partial charge on any atom is -0.496 e. The highest BCUT2D eigenvalue weighted by Crippen LogP contribution is 2.27. The molecule has 1 fully saturated rings. The Balaban J connectivity index is 1.57. The number of methoxy groups -OCH3 is 1. The Morgan fingerprint density at radius 1 is 1.22 bits per heavy atom. The van der Waals surface area contributed by atoms with Gasteiger partial charge in [-0.2, -0.15) is 0 Å². The standard InChI is InChI=1S/C20H25BrN2O3S/c1-26-20-10-9-18(12-19(20)21)27(24,25)22-13-17-8-5-11-23(15-17)14-16-6-3-2-4-7-16/h2-4,6-7,9-10,12,17,22H,5,8,11,13-15H2,1H3. The maximum Gasteiger partial charge on any atom is 0.240 e. The zero-order valence-electron chi connectivity index (χ0n) is 15.4. The molecule has 0 bridgehead atoms. The molecule has 1 N–H and O–H groups in total. The highest BCUT2D eigenvalue weighted by atomic mass is 79.9. The van der Waals surface area contributed by atoms with E-state index in [0.29, 0.717) is 22.7 Å². The van der Waals surface area contributed by atoms with E-state index < -0.39 is 10.0 Å². The number of sulfonamides is 1. The van der Waals surface area contributed by atoms with E-state index >= 15 is 0 Å². The van der Waals surface area contributed by atoms with Crippen molar-refractivity contribution in [3.63, 3.8) is 0 Å². The lowest BCUT2D eigenvalue weighted by Gasteiger charge is -2.32. The van der Waals surface area contributed by atoms with E-state index in [1.54, 1.807) is 25.3 Å². The second-order valence-corrected chi connectivity index (χ2v) is 9.50. The molecule has 3 rings (SSSR count). The fourth-order valence-corrected chi connectivity index (χ4v) is 5.26. The summed E-state index contributed by atoms with van der Waals surface area (Å²) >= 11 is 3.34. The van der Waals surface area contributed by atoms with Gasteiger partial charge in [-0.3, -0.25) is 4.90 Å². The molecule has 27 heavy (non-hydrogen) atoms. The molecule has 1 heterocycles. The van der Waals surface area contributed by atoms with Gasteiger partial charge in [0.25, 0.3) is 0 Å². The largest absolute Gasteiger partial charge is 0.496 e. The van der Waals surface area contributed by atoms with Gasteiger partial charge in [0.2, 0.25) is 10.0 Å². The number of halogens is 1. The molecule has 146 valence electrons. The normalized spacial score (nSPS) is 18.4. The zero-order chi connectivity index (χ0) is 19.3. The minimum atomic E-state index is -3.54. The Labute approximate surface area is 169 Å². The molecule has 1 atom stereocenters. The number of piperidine rings is 1. The highest BCUT2D eigenvalue weighted by molar-refractivity contribution is 9.10. The van der Waals surface area contributed by atoms with Gasteiger partial charge in [0, 0.05) is 19.6 Å². The molecule has 1 saturated heterocycles. The van der Waals surface area contributed by atoms with Gasteiger partial charge in [0.05, 0.1) is 16.5 Å². The van der Waals surface area contributed by atoms with Gasteiger partial charge in [-0.1, -0.05) is 30.3 Å². The second-order valence-electron chi connectivity index (χ2n) is 6.88. The van der Waals surface area contributed by atoms with Crippen LogP contribution < -0.4 is 9.46 Å². The fourth-order valence-electron chi connectivity index (χ4n) is 3.43. The van der Waals surface area contributed by atoms with E-state index in [9.17, 15) is 8.42 Å².